The predicted octanol–water partition coefficient (Wildman–Crippen LogP) is 3.59. The number of hydrogen-bond donors (Lipinski definition) is 0. The van der Waals surface area contributed by atoms with Crippen molar-refractivity contribution >= 4 is 21.7 Å². The normalized spacial score (nSPS) is 10.3. The summed E-state index contributed by atoms with van der Waals surface area (Å²) in [5.74, 6) is 0.614. The first-order valence-corrected chi connectivity index (χ1v) is 6.67. The smallest absolute Gasteiger partial charge is 0.172 e. The molecule has 0 atom stereocenters. The van der Waals surface area contributed by atoms with Crippen LogP contribution in [0.2, 0.25) is 0 Å². The highest BCUT2D eigenvalue weighted by molar-refractivity contribution is 9.10. The lowest BCUT2D eigenvalue weighted by molar-refractivity contribution is 0.0989. The highest BCUT2D eigenvalue weighted by Gasteiger charge is 2.13. The number of aromatic nitrogens is 1. The number of halogens is 1. The minimum absolute atomic E-state index is 0.00960. The SMILES string of the molecule is COc1ccc(C)cc1C(=O)Cc1ccc(Br)cn1. The zero-order chi connectivity index (χ0) is 13.8. The lowest BCUT2D eigenvalue weighted by Gasteiger charge is -2.08. The minimum Gasteiger partial charge on any atom is -0.496 e. The van der Waals surface area contributed by atoms with Crippen LogP contribution in [0.1, 0.15) is 21.6 Å². The molecule has 0 saturated carbocycles. The number of aryl methyl sites for hydroxylation is 1. The first-order chi connectivity index (χ1) is 9.10. The fraction of sp³-hybridized carbons (Fsp3) is 0.200. The van der Waals surface area contributed by atoms with Gasteiger partial charge >= 0.3 is 0 Å². The maximum atomic E-state index is 12.3. The molecule has 0 spiro atoms. The van der Waals surface area contributed by atoms with Crippen LogP contribution in [0, 0.1) is 6.92 Å². The van der Waals surface area contributed by atoms with E-state index in [1.54, 1.807) is 13.3 Å². The molecule has 0 aliphatic heterocycles. The molecule has 1 aromatic heterocycles. The lowest BCUT2D eigenvalue weighted by atomic mass is 10.0. The Morgan fingerprint density at radius 1 is 1.32 bits per heavy atom. The molecular weight excluding hydrogens is 306 g/mol. The number of benzene rings is 1. The minimum atomic E-state index is 0.00960. The third kappa shape index (κ3) is 3.41. The molecule has 0 saturated heterocycles. The van der Waals surface area contributed by atoms with E-state index in [1.807, 2.05) is 37.3 Å². The number of ketones is 1. The van der Waals surface area contributed by atoms with Crippen LogP contribution in [0.4, 0.5) is 0 Å². The van der Waals surface area contributed by atoms with E-state index in [0.29, 0.717) is 11.3 Å². The maximum Gasteiger partial charge on any atom is 0.172 e. The topological polar surface area (TPSA) is 39.2 Å². The van der Waals surface area contributed by atoms with Crippen molar-refractivity contribution in [3.8, 4) is 5.75 Å². The number of pyridine rings is 1. The first-order valence-electron chi connectivity index (χ1n) is 5.88. The summed E-state index contributed by atoms with van der Waals surface area (Å²) in [6, 6.07) is 9.30. The summed E-state index contributed by atoms with van der Waals surface area (Å²) in [7, 11) is 1.57. The number of carbonyl (C=O) groups excluding carboxylic acids is 1. The number of rotatable bonds is 4. The number of carbonyl (C=O) groups is 1. The van der Waals surface area contributed by atoms with Crippen molar-refractivity contribution in [1.82, 2.24) is 4.98 Å². The number of ether oxygens (including phenoxy) is 1. The van der Waals surface area contributed by atoms with Gasteiger partial charge in [-0.2, -0.15) is 0 Å². The average Bonchev–Trinajstić information content (AvgIpc) is 2.41. The molecule has 0 aliphatic carbocycles. The molecule has 0 bridgehead atoms. The van der Waals surface area contributed by atoms with Gasteiger partial charge in [0, 0.05) is 16.4 Å². The van der Waals surface area contributed by atoms with Crippen molar-refractivity contribution in [2.75, 3.05) is 7.11 Å². The fourth-order valence-corrected chi connectivity index (χ4v) is 2.05. The van der Waals surface area contributed by atoms with Gasteiger partial charge in [-0.3, -0.25) is 9.78 Å². The molecule has 98 valence electrons. The third-order valence-corrected chi connectivity index (χ3v) is 3.25. The molecule has 0 radical (unpaired) electrons. The Morgan fingerprint density at radius 3 is 2.74 bits per heavy atom. The summed E-state index contributed by atoms with van der Waals surface area (Å²) in [4.78, 5) is 16.5. The van der Waals surface area contributed by atoms with Gasteiger partial charge in [0.1, 0.15) is 5.75 Å². The van der Waals surface area contributed by atoms with Crippen LogP contribution >= 0.6 is 15.9 Å². The van der Waals surface area contributed by atoms with E-state index in [-0.39, 0.29) is 12.2 Å². The van der Waals surface area contributed by atoms with Gasteiger partial charge in [-0.05, 0) is 47.1 Å². The number of Topliss-reactive ketones (excluding diaryl/α,β-unsaturated/α-hetero) is 1. The summed E-state index contributed by atoms with van der Waals surface area (Å²) in [6.07, 6.45) is 1.96. The zero-order valence-electron chi connectivity index (χ0n) is 10.8. The summed E-state index contributed by atoms with van der Waals surface area (Å²) in [5.41, 5.74) is 2.39. The summed E-state index contributed by atoms with van der Waals surface area (Å²) in [5, 5.41) is 0. The number of nitrogens with zero attached hydrogens (tertiary/aromatic N) is 1. The maximum absolute atomic E-state index is 12.3. The van der Waals surface area contributed by atoms with Crippen LogP contribution in [-0.2, 0) is 6.42 Å². The van der Waals surface area contributed by atoms with E-state index in [9.17, 15) is 4.79 Å². The van der Waals surface area contributed by atoms with Crippen LogP contribution in [0.15, 0.2) is 41.0 Å². The summed E-state index contributed by atoms with van der Waals surface area (Å²) < 4.78 is 6.13. The molecule has 1 aromatic carbocycles. The van der Waals surface area contributed by atoms with Crippen molar-refractivity contribution in [3.05, 3.63) is 57.8 Å². The molecule has 4 heteroatoms. The van der Waals surface area contributed by atoms with Crippen LogP contribution in [0.5, 0.6) is 5.75 Å². The van der Waals surface area contributed by atoms with Gasteiger partial charge in [-0.25, -0.2) is 0 Å². The molecule has 1 heterocycles. The zero-order valence-corrected chi connectivity index (χ0v) is 12.4. The first kappa shape index (κ1) is 13.7. The summed E-state index contributed by atoms with van der Waals surface area (Å²) >= 11 is 3.32. The van der Waals surface area contributed by atoms with E-state index in [4.69, 9.17) is 4.74 Å². The highest BCUT2D eigenvalue weighted by Crippen LogP contribution is 2.21. The van der Waals surface area contributed by atoms with Crippen LogP contribution < -0.4 is 4.74 Å². The lowest BCUT2D eigenvalue weighted by Crippen LogP contribution is -2.07. The molecule has 0 unspecified atom stereocenters. The molecule has 2 rings (SSSR count). The van der Waals surface area contributed by atoms with Crippen molar-refractivity contribution in [2.45, 2.75) is 13.3 Å². The Balaban J connectivity index is 2.24. The molecule has 2 aromatic rings. The van der Waals surface area contributed by atoms with Gasteiger partial charge in [0.05, 0.1) is 19.1 Å². The Bertz CT molecular complexity index is 594. The molecule has 19 heavy (non-hydrogen) atoms. The van der Waals surface area contributed by atoms with E-state index in [0.717, 1.165) is 15.7 Å². The van der Waals surface area contributed by atoms with E-state index < -0.39 is 0 Å². The van der Waals surface area contributed by atoms with Crippen LogP contribution in [-0.4, -0.2) is 17.9 Å². The highest BCUT2D eigenvalue weighted by atomic mass is 79.9. The molecular formula is C15H14BrNO2. The Morgan fingerprint density at radius 2 is 2.11 bits per heavy atom. The molecule has 3 nitrogen and oxygen atoms in total. The quantitative estimate of drug-likeness (QED) is 0.808. The Labute approximate surface area is 120 Å². The second kappa shape index (κ2) is 5.97. The molecule has 0 aliphatic rings. The average molecular weight is 320 g/mol. The standard InChI is InChI=1S/C15H14BrNO2/c1-10-3-6-15(19-2)13(7-10)14(18)8-12-5-4-11(16)9-17-12/h3-7,9H,8H2,1-2H3. The molecule has 0 fully saturated rings. The predicted molar refractivity (Wildman–Crippen MR) is 77.7 cm³/mol. The van der Waals surface area contributed by atoms with Gasteiger partial charge in [0.2, 0.25) is 0 Å². The van der Waals surface area contributed by atoms with Gasteiger partial charge in [0.25, 0.3) is 0 Å². The number of hydrogen-bond acceptors (Lipinski definition) is 3. The monoisotopic (exact) mass is 319 g/mol. The largest absolute Gasteiger partial charge is 0.496 e. The van der Waals surface area contributed by atoms with E-state index in [1.165, 1.54) is 0 Å². The van der Waals surface area contributed by atoms with E-state index >= 15 is 0 Å². The van der Waals surface area contributed by atoms with Gasteiger partial charge < -0.3 is 4.74 Å². The van der Waals surface area contributed by atoms with Gasteiger partial charge in [0.15, 0.2) is 5.78 Å². The van der Waals surface area contributed by atoms with Crippen molar-refractivity contribution < 1.29 is 9.53 Å². The van der Waals surface area contributed by atoms with Crippen molar-refractivity contribution in [2.24, 2.45) is 0 Å². The van der Waals surface area contributed by atoms with Gasteiger partial charge in [-0.15, -0.1) is 0 Å². The molecule has 0 amide bonds. The van der Waals surface area contributed by atoms with Crippen molar-refractivity contribution in [1.29, 1.82) is 0 Å². The molecule has 0 N–H and O–H groups in total. The second-order valence-corrected chi connectivity index (χ2v) is 5.19. The Kier molecular flexibility index (Phi) is 4.32. The van der Waals surface area contributed by atoms with Crippen LogP contribution in [0.25, 0.3) is 0 Å². The summed E-state index contributed by atoms with van der Waals surface area (Å²) in [6.45, 7) is 1.95. The van der Waals surface area contributed by atoms with Crippen LogP contribution in [0.3, 0.4) is 0 Å². The third-order valence-electron chi connectivity index (χ3n) is 2.79. The second-order valence-electron chi connectivity index (χ2n) is 4.27. The fourth-order valence-electron chi connectivity index (χ4n) is 1.81. The Hall–Kier alpha value is -1.68. The van der Waals surface area contributed by atoms with Gasteiger partial charge in [-0.1, -0.05) is 11.6 Å². The number of methoxy groups -OCH3 is 1. The van der Waals surface area contributed by atoms with E-state index in [2.05, 4.69) is 20.9 Å². The van der Waals surface area contributed by atoms with Crippen molar-refractivity contribution in [3.63, 3.8) is 0 Å².